The highest BCUT2D eigenvalue weighted by molar-refractivity contribution is 7.89. The van der Waals surface area contributed by atoms with Crippen molar-refractivity contribution in [2.24, 2.45) is 0 Å². The quantitative estimate of drug-likeness (QED) is 0.705. The van der Waals surface area contributed by atoms with E-state index >= 15 is 0 Å². The van der Waals surface area contributed by atoms with Gasteiger partial charge in [0, 0.05) is 26.4 Å². The van der Waals surface area contributed by atoms with Gasteiger partial charge < -0.3 is 4.74 Å². The number of sulfonamides is 1. The first-order valence-corrected chi connectivity index (χ1v) is 8.23. The molecule has 1 heterocycles. The number of carbonyl (C=O) groups excluding carboxylic acids is 1. The summed E-state index contributed by atoms with van der Waals surface area (Å²) < 4.78 is 30.7. The van der Waals surface area contributed by atoms with Gasteiger partial charge in [0.15, 0.2) is 5.78 Å². The summed E-state index contributed by atoms with van der Waals surface area (Å²) in [6.07, 6.45) is 1.17. The first kappa shape index (κ1) is 18.2. The first-order valence-electron chi connectivity index (χ1n) is 6.79. The molecular formula is C14H19N3O4S. The van der Waals surface area contributed by atoms with Crippen LogP contribution in [0.2, 0.25) is 0 Å². The van der Waals surface area contributed by atoms with E-state index in [0.717, 1.165) is 0 Å². The molecule has 120 valence electrons. The van der Waals surface area contributed by atoms with Crippen LogP contribution in [0.25, 0.3) is 0 Å². The molecule has 0 spiro atoms. The summed E-state index contributed by atoms with van der Waals surface area (Å²) >= 11 is 0. The van der Waals surface area contributed by atoms with E-state index in [4.69, 9.17) is 10.00 Å². The lowest BCUT2D eigenvalue weighted by Gasteiger charge is -2.18. The normalized spacial score (nSPS) is 12.9. The van der Waals surface area contributed by atoms with Crippen molar-refractivity contribution >= 4 is 15.8 Å². The monoisotopic (exact) mass is 325 g/mol. The van der Waals surface area contributed by atoms with Gasteiger partial charge >= 0.3 is 0 Å². The van der Waals surface area contributed by atoms with Gasteiger partial charge in [0.1, 0.15) is 17.4 Å². The minimum Gasteiger partial charge on any atom is -0.377 e. The molecule has 0 aromatic carbocycles. The highest BCUT2D eigenvalue weighted by Crippen LogP contribution is 2.18. The molecule has 0 aliphatic carbocycles. The molecule has 0 fully saturated rings. The van der Waals surface area contributed by atoms with Gasteiger partial charge in [0.2, 0.25) is 10.0 Å². The topological polar surface area (TPSA) is 100 Å². The van der Waals surface area contributed by atoms with Gasteiger partial charge in [0.25, 0.3) is 0 Å². The molecule has 1 rings (SSSR count). The molecule has 0 radical (unpaired) electrons. The Balaban J connectivity index is 3.10. The van der Waals surface area contributed by atoms with Crippen LogP contribution >= 0.6 is 0 Å². The average Bonchev–Trinajstić information content (AvgIpc) is 2.50. The molecule has 0 aliphatic heterocycles. The van der Waals surface area contributed by atoms with E-state index in [1.54, 1.807) is 13.8 Å². The number of pyridine rings is 1. The highest BCUT2D eigenvalue weighted by Gasteiger charge is 2.25. The molecule has 8 heteroatoms. The van der Waals surface area contributed by atoms with Gasteiger partial charge in [-0.25, -0.2) is 8.42 Å². The van der Waals surface area contributed by atoms with Gasteiger partial charge in [-0.3, -0.25) is 9.78 Å². The molecule has 0 N–H and O–H groups in total. The highest BCUT2D eigenvalue weighted by atomic mass is 32.2. The average molecular weight is 325 g/mol. The van der Waals surface area contributed by atoms with Crippen molar-refractivity contribution in [3.63, 3.8) is 0 Å². The summed E-state index contributed by atoms with van der Waals surface area (Å²) in [6, 6.07) is 4.60. The largest absolute Gasteiger partial charge is 0.377 e. The summed E-state index contributed by atoms with van der Waals surface area (Å²) in [4.78, 5) is 15.7. The fourth-order valence-electron chi connectivity index (χ4n) is 1.96. The third kappa shape index (κ3) is 3.88. The van der Waals surface area contributed by atoms with Crippen molar-refractivity contribution in [2.45, 2.75) is 24.7 Å². The van der Waals surface area contributed by atoms with Crippen LogP contribution in [0.3, 0.4) is 0 Å². The molecular weight excluding hydrogens is 306 g/mol. The second-order valence-electron chi connectivity index (χ2n) is 4.47. The Morgan fingerprint density at radius 1 is 1.41 bits per heavy atom. The molecule has 0 saturated heterocycles. The summed E-state index contributed by atoms with van der Waals surface area (Å²) in [6.45, 7) is 4.01. The second-order valence-corrected chi connectivity index (χ2v) is 6.41. The SMILES string of the molecule is CCN(CC)S(=O)(=O)c1ccc([C@@H](C#N)C(=O)COC)nc1. The minimum absolute atomic E-state index is 0.0378. The summed E-state index contributed by atoms with van der Waals surface area (Å²) in [7, 11) is -2.24. The maximum Gasteiger partial charge on any atom is 0.244 e. The van der Waals surface area contributed by atoms with Gasteiger partial charge in [-0.1, -0.05) is 13.8 Å². The number of nitriles is 1. The number of ether oxygens (including phenoxy) is 1. The minimum atomic E-state index is -3.60. The third-order valence-electron chi connectivity index (χ3n) is 3.14. The first-order chi connectivity index (χ1) is 10.4. The van der Waals surface area contributed by atoms with Gasteiger partial charge in [-0.15, -0.1) is 0 Å². The van der Waals surface area contributed by atoms with Crippen LogP contribution in [0.1, 0.15) is 25.5 Å². The lowest BCUT2D eigenvalue weighted by molar-refractivity contribution is -0.123. The van der Waals surface area contributed by atoms with E-state index in [1.807, 2.05) is 6.07 Å². The Morgan fingerprint density at radius 2 is 2.05 bits per heavy atom. The van der Waals surface area contributed by atoms with Crippen LogP contribution in [0.5, 0.6) is 0 Å². The summed E-state index contributed by atoms with van der Waals surface area (Å²) in [5.41, 5.74) is 0.211. The van der Waals surface area contributed by atoms with Crippen molar-refractivity contribution in [1.29, 1.82) is 5.26 Å². The lowest BCUT2D eigenvalue weighted by Crippen LogP contribution is -2.30. The molecule has 0 saturated carbocycles. The molecule has 0 amide bonds. The molecule has 0 bridgehead atoms. The molecule has 7 nitrogen and oxygen atoms in total. The standard InChI is InChI=1S/C14H19N3O4S/c1-4-17(5-2)22(19,20)11-6-7-13(16-9-11)12(8-15)14(18)10-21-3/h6-7,9,12H,4-5,10H2,1-3H3/t12-/m1/s1. The van der Waals surface area contributed by atoms with Gasteiger partial charge in [-0.05, 0) is 12.1 Å². The van der Waals surface area contributed by atoms with Gasteiger partial charge in [-0.2, -0.15) is 9.57 Å². The van der Waals surface area contributed by atoms with Crippen molar-refractivity contribution in [1.82, 2.24) is 9.29 Å². The molecule has 1 aromatic heterocycles. The van der Waals surface area contributed by atoms with E-state index in [0.29, 0.717) is 13.1 Å². The van der Waals surface area contributed by atoms with Gasteiger partial charge in [0.05, 0.1) is 11.8 Å². The van der Waals surface area contributed by atoms with E-state index in [-0.39, 0.29) is 17.2 Å². The Labute approximate surface area is 130 Å². The molecule has 0 unspecified atom stereocenters. The van der Waals surface area contributed by atoms with Crippen LogP contribution in [0.15, 0.2) is 23.2 Å². The third-order valence-corrected chi connectivity index (χ3v) is 5.17. The number of methoxy groups -OCH3 is 1. The molecule has 1 aromatic rings. The molecule has 22 heavy (non-hydrogen) atoms. The van der Waals surface area contributed by atoms with Crippen LogP contribution < -0.4 is 0 Å². The maximum atomic E-state index is 12.3. The van der Waals surface area contributed by atoms with Crippen LogP contribution in [0.4, 0.5) is 0 Å². The van der Waals surface area contributed by atoms with Crippen LogP contribution in [-0.4, -0.2) is 50.3 Å². The Kier molecular flexibility index (Phi) is 6.61. The zero-order chi connectivity index (χ0) is 16.8. The van der Waals surface area contributed by atoms with Crippen LogP contribution in [-0.2, 0) is 19.6 Å². The molecule has 0 aliphatic rings. The molecule has 1 atom stereocenters. The number of carbonyl (C=O) groups is 1. The number of rotatable bonds is 8. The van der Waals surface area contributed by atoms with Crippen molar-refractivity contribution in [3.8, 4) is 6.07 Å². The van der Waals surface area contributed by atoms with E-state index in [2.05, 4.69) is 4.98 Å². The fourth-order valence-corrected chi connectivity index (χ4v) is 3.36. The predicted molar refractivity (Wildman–Crippen MR) is 79.6 cm³/mol. The maximum absolute atomic E-state index is 12.3. The Morgan fingerprint density at radius 3 is 2.45 bits per heavy atom. The number of hydrogen-bond acceptors (Lipinski definition) is 6. The number of nitrogens with zero attached hydrogens (tertiary/aromatic N) is 3. The lowest BCUT2D eigenvalue weighted by atomic mass is 10.0. The summed E-state index contributed by atoms with van der Waals surface area (Å²) in [5, 5.41) is 9.08. The van der Waals surface area contributed by atoms with E-state index in [1.165, 1.54) is 29.7 Å². The van der Waals surface area contributed by atoms with Crippen molar-refractivity contribution in [3.05, 3.63) is 24.0 Å². The van der Waals surface area contributed by atoms with E-state index in [9.17, 15) is 13.2 Å². The number of ketones is 1. The smallest absolute Gasteiger partial charge is 0.244 e. The zero-order valence-corrected chi connectivity index (χ0v) is 13.6. The zero-order valence-electron chi connectivity index (χ0n) is 12.8. The second kappa shape index (κ2) is 7.98. The Bertz CT molecular complexity index is 646. The van der Waals surface area contributed by atoms with Crippen LogP contribution in [0, 0.1) is 11.3 Å². The van der Waals surface area contributed by atoms with Crippen molar-refractivity contribution in [2.75, 3.05) is 26.8 Å². The number of aromatic nitrogens is 1. The van der Waals surface area contributed by atoms with E-state index < -0.39 is 21.7 Å². The predicted octanol–water partition coefficient (Wildman–Crippen LogP) is 0.935. The fraction of sp³-hybridized carbons (Fsp3) is 0.500. The summed E-state index contributed by atoms with van der Waals surface area (Å²) in [5.74, 6) is -1.48. The van der Waals surface area contributed by atoms with Crippen molar-refractivity contribution < 1.29 is 17.9 Å². The number of hydrogen-bond donors (Lipinski definition) is 0. The number of Topliss-reactive ketones (excluding diaryl/α,β-unsaturated/α-hetero) is 1. The Hall–Kier alpha value is -1.82.